The van der Waals surface area contributed by atoms with E-state index in [-0.39, 0.29) is 5.92 Å². The second kappa shape index (κ2) is 8.78. The monoisotopic (exact) mass is 337 g/mol. The fourth-order valence-electron chi connectivity index (χ4n) is 3.13. The van der Waals surface area contributed by atoms with E-state index < -0.39 is 5.97 Å². The number of carbonyl (C=O) groups is 1. The van der Waals surface area contributed by atoms with Gasteiger partial charge in [-0.05, 0) is 50.3 Å². The second-order valence-corrected chi connectivity index (χ2v) is 6.03. The zero-order chi connectivity index (χ0) is 17.5. The first-order valence-corrected chi connectivity index (χ1v) is 8.42. The highest BCUT2D eigenvalue weighted by Crippen LogP contribution is 2.38. The summed E-state index contributed by atoms with van der Waals surface area (Å²) in [5.41, 5.74) is 1.05. The molecule has 0 heterocycles. The highest BCUT2D eigenvalue weighted by Gasteiger charge is 2.25. The first kappa shape index (κ1) is 18.4. The van der Waals surface area contributed by atoms with Crippen LogP contribution in [0.5, 0.6) is 17.2 Å². The lowest BCUT2D eigenvalue weighted by molar-refractivity contribution is -0.142. The molecule has 0 aliphatic heterocycles. The number of ether oxygens (including phenoxy) is 3. The van der Waals surface area contributed by atoms with Gasteiger partial charge in [-0.3, -0.25) is 4.79 Å². The lowest BCUT2D eigenvalue weighted by Gasteiger charge is -2.27. The molecule has 2 rings (SSSR count). The van der Waals surface area contributed by atoms with E-state index in [1.165, 1.54) is 0 Å². The summed E-state index contributed by atoms with van der Waals surface area (Å²) in [6.45, 7) is 3.14. The van der Waals surface area contributed by atoms with Crippen LogP contribution in [-0.2, 0) is 11.3 Å². The molecule has 24 heavy (non-hydrogen) atoms. The number of rotatable bonds is 8. The normalized spacial score (nSPS) is 20.5. The standard InChI is InChI=1S/C18H27NO5/c1-4-24-17-15(22-2)9-12(10-16(17)23-3)11-19-14-7-5-13(6-8-14)18(20)21/h9-10,13-14,19H,4-8,11H2,1-3H3,(H,20,21). The minimum Gasteiger partial charge on any atom is -0.493 e. The van der Waals surface area contributed by atoms with Gasteiger partial charge in [0.15, 0.2) is 11.5 Å². The van der Waals surface area contributed by atoms with Gasteiger partial charge in [-0.15, -0.1) is 0 Å². The van der Waals surface area contributed by atoms with Crippen LogP contribution in [0.1, 0.15) is 38.2 Å². The van der Waals surface area contributed by atoms with Gasteiger partial charge in [-0.1, -0.05) is 0 Å². The first-order chi connectivity index (χ1) is 11.6. The summed E-state index contributed by atoms with van der Waals surface area (Å²) in [4.78, 5) is 11.0. The van der Waals surface area contributed by atoms with Crippen LogP contribution in [0.3, 0.4) is 0 Å². The zero-order valence-corrected chi connectivity index (χ0v) is 14.6. The van der Waals surface area contributed by atoms with Crippen molar-refractivity contribution in [2.75, 3.05) is 20.8 Å². The Bertz CT molecular complexity index is 527. The van der Waals surface area contributed by atoms with E-state index >= 15 is 0 Å². The van der Waals surface area contributed by atoms with Gasteiger partial charge in [-0.25, -0.2) is 0 Å². The molecule has 0 saturated heterocycles. The molecular formula is C18H27NO5. The third-order valence-corrected chi connectivity index (χ3v) is 4.48. The van der Waals surface area contributed by atoms with Crippen molar-refractivity contribution < 1.29 is 24.1 Å². The number of carboxylic acids is 1. The van der Waals surface area contributed by atoms with Crippen molar-refractivity contribution in [3.63, 3.8) is 0 Å². The van der Waals surface area contributed by atoms with Gasteiger partial charge in [0.1, 0.15) is 0 Å². The van der Waals surface area contributed by atoms with Gasteiger partial charge in [0.2, 0.25) is 5.75 Å². The van der Waals surface area contributed by atoms with E-state index in [4.69, 9.17) is 19.3 Å². The van der Waals surface area contributed by atoms with Crippen molar-refractivity contribution in [2.24, 2.45) is 5.92 Å². The Morgan fingerprint density at radius 2 is 1.75 bits per heavy atom. The average molecular weight is 337 g/mol. The molecule has 6 nitrogen and oxygen atoms in total. The largest absolute Gasteiger partial charge is 0.493 e. The number of hydrogen-bond acceptors (Lipinski definition) is 5. The summed E-state index contributed by atoms with van der Waals surface area (Å²) in [7, 11) is 3.23. The quantitative estimate of drug-likeness (QED) is 0.759. The van der Waals surface area contributed by atoms with Crippen LogP contribution in [0.15, 0.2) is 12.1 Å². The Hall–Kier alpha value is -1.95. The maximum atomic E-state index is 11.0. The van der Waals surface area contributed by atoms with Crippen molar-refractivity contribution in [1.29, 1.82) is 0 Å². The molecule has 0 atom stereocenters. The molecule has 2 N–H and O–H groups in total. The number of carboxylic acid groups (broad SMARTS) is 1. The first-order valence-electron chi connectivity index (χ1n) is 8.42. The van der Waals surface area contributed by atoms with Gasteiger partial charge in [0, 0.05) is 12.6 Å². The SMILES string of the molecule is CCOc1c(OC)cc(CNC2CCC(C(=O)O)CC2)cc1OC. The Kier molecular flexibility index (Phi) is 6.73. The molecule has 0 bridgehead atoms. The van der Waals surface area contributed by atoms with Crippen LogP contribution in [-0.4, -0.2) is 37.9 Å². The van der Waals surface area contributed by atoms with Crippen LogP contribution in [0.25, 0.3) is 0 Å². The third kappa shape index (κ3) is 4.54. The molecule has 1 aromatic carbocycles. The van der Waals surface area contributed by atoms with Crippen molar-refractivity contribution in [3.05, 3.63) is 17.7 Å². The summed E-state index contributed by atoms with van der Waals surface area (Å²) < 4.78 is 16.4. The van der Waals surface area contributed by atoms with Gasteiger partial charge in [-0.2, -0.15) is 0 Å². The van der Waals surface area contributed by atoms with Crippen molar-refractivity contribution >= 4 is 5.97 Å². The van der Waals surface area contributed by atoms with E-state index in [1.54, 1.807) is 14.2 Å². The van der Waals surface area contributed by atoms with Gasteiger partial charge >= 0.3 is 5.97 Å². The molecule has 1 aromatic rings. The molecule has 0 spiro atoms. The molecular weight excluding hydrogens is 310 g/mol. The summed E-state index contributed by atoms with van der Waals surface area (Å²) in [6, 6.07) is 4.25. The number of hydrogen-bond donors (Lipinski definition) is 2. The zero-order valence-electron chi connectivity index (χ0n) is 14.6. The summed E-state index contributed by atoms with van der Waals surface area (Å²) in [5.74, 6) is 1.07. The van der Waals surface area contributed by atoms with Crippen LogP contribution in [0.2, 0.25) is 0 Å². The molecule has 1 aliphatic rings. The van der Waals surface area contributed by atoms with E-state index in [1.807, 2.05) is 19.1 Å². The maximum absolute atomic E-state index is 11.0. The molecule has 134 valence electrons. The molecule has 0 unspecified atom stereocenters. The van der Waals surface area contributed by atoms with E-state index in [9.17, 15) is 4.79 Å². The van der Waals surface area contributed by atoms with Crippen LogP contribution in [0, 0.1) is 5.92 Å². The predicted octanol–water partition coefficient (Wildman–Crippen LogP) is 2.84. The van der Waals surface area contributed by atoms with Crippen LogP contribution < -0.4 is 19.5 Å². The molecule has 1 fully saturated rings. The van der Waals surface area contributed by atoms with E-state index in [0.29, 0.717) is 36.4 Å². The molecule has 1 aliphatic carbocycles. The number of methoxy groups -OCH3 is 2. The number of aliphatic carboxylic acids is 1. The minimum absolute atomic E-state index is 0.186. The molecule has 1 saturated carbocycles. The predicted molar refractivity (Wildman–Crippen MR) is 90.9 cm³/mol. The highest BCUT2D eigenvalue weighted by atomic mass is 16.5. The van der Waals surface area contributed by atoms with Crippen molar-refractivity contribution in [2.45, 2.75) is 45.2 Å². The van der Waals surface area contributed by atoms with Crippen molar-refractivity contribution in [1.82, 2.24) is 5.32 Å². The number of nitrogens with one attached hydrogen (secondary N) is 1. The minimum atomic E-state index is -0.672. The lowest BCUT2D eigenvalue weighted by Crippen LogP contribution is -2.34. The molecule has 0 radical (unpaired) electrons. The summed E-state index contributed by atoms with van der Waals surface area (Å²) in [6.07, 6.45) is 3.26. The van der Waals surface area contributed by atoms with E-state index in [0.717, 1.165) is 31.2 Å². The summed E-state index contributed by atoms with van der Waals surface area (Å²) in [5, 5.41) is 12.6. The Morgan fingerprint density at radius 3 is 2.21 bits per heavy atom. The van der Waals surface area contributed by atoms with E-state index in [2.05, 4.69) is 5.32 Å². The second-order valence-electron chi connectivity index (χ2n) is 6.03. The third-order valence-electron chi connectivity index (χ3n) is 4.48. The lowest BCUT2D eigenvalue weighted by atomic mass is 9.86. The van der Waals surface area contributed by atoms with Gasteiger partial charge in [0.25, 0.3) is 0 Å². The van der Waals surface area contributed by atoms with Gasteiger partial charge in [0.05, 0.1) is 26.7 Å². The molecule has 6 heteroatoms. The molecule has 0 aromatic heterocycles. The highest BCUT2D eigenvalue weighted by molar-refractivity contribution is 5.70. The smallest absolute Gasteiger partial charge is 0.306 e. The summed E-state index contributed by atoms with van der Waals surface area (Å²) >= 11 is 0. The molecule has 0 amide bonds. The Morgan fingerprint density at radius 1 is 1.17 bits per heavy atom. The Balaban J connectivity index is 1.99. The Labute approximate surface area is 143 Å². The topological polar surface area (TPSA) is 77.0 Å². The fourth-order valence-corrected chi connectivity index (χ4v) is 3.13. The van der Waals surface area contributed by atoms with Crippen LogP contribution >= 0.6 is 0 Å². The fraction of sp³-hybridized carbons (Fsp3) is 0.611. The van der Waals surface area contributed by atoms with Crippen LogP contribution in [0.4, 0.5) is 0 Å². The maximum Gasteiger partial charge on any atom is 0.306 e. The average Bonchev–Trinajstić information content (AvgIpc) is 2.61. The van der Waals surface area contributed by atoms with Crippen molar-refractivity contribution in [3.8, 4) is 17.2 Å². The van der Waals surface area contributed by atoms with Gasteiger partial charge < -0.3 is 24.6 Å². The number of benzene rings is 1.